The Kier molecular flexibility index (Phi) is 27.2. The maximum Gasteiger partial charge on any atom is 0.309 e. The summed E-state index contributed by atoms with van der Waals surface area (Å²) in [5.41, 5.74) is 0. The number of unbranched alkanes of at least 4 members (excludes halogenated alkanes) is 19. The number of carbonyl (C=O) groups is 2. The maximum atomic E-state index is 12.0. The molecule has 1 atom stereocenters. The molecule has 0 rings (SSSR count). The molecule has 0 aromatic carbocycles. The van der Waals surface area contributed by atoms with Crippen LogP contribution in [0.5, 0.6) is 0 Å². The minimum absolute atomic E-state index is 0.127. The first-order chi connectivity index (χ1) is 17.6. The van der Waals surface area contributed by atoms with E-state index in [4.69, 9.17) is 9.84 Å². The van der Waals surface area contributed by atoms with Crippen LogP contribution < -0.4 is 0 Å². The molecule has 0 saturated carbocycles. The number of allylic oxidation sites excluding steroid dienone is 2. The lowest BCUT2D eigenvalue weighted by atomic mass is 9.98. The Morgan fingerprint density at radius 3 is 1.44 bits per heavy atom. The lowest BCUT2D eigenvalue weighted by Gasteiger charge is -2.13. The first-order valence-corrected chi connectivity index (χ1v) is 15.6. The molecule has 1 unspecified atom stereocenters. The van der Waals surface area contributed by atoms with Gasteiger partial charge in [0, 0.05) is 0 Å². The minimum atomic E-state index is -0.928. The van der Waals surface area contributed by atoms with E-state index in [1.165, 1.54) is 109 Å². The lowest BCUT2D eigenvalue weighted by Crippen LogP contribution is -2.21. The van der Waals surface area contributed by atoms with Crippen molar-refractivity contribution in [3.05, 3.63) is 12.2 Å². The largest absolute Gasteiger partial charge is 0.481 e. The number of rotatable bonds is 28. The Bertz CT molecular complexity index is 514. The van der Waals surface area contributed by atoms with Crippen molar-refractivity contribution < 1.29 is 19.4 Å². The molecule has 1 N–H and O–H groups in total. The van der Waals surface area contributed by atoms with Crippen LogP contribution in [0.2, 0.25) is 0 Å². The zero-order chi connectivity index (χ0) is 26.5. The summed E-state index contributed by atoms with van der Waals surface area (Å²) in [5.74, 6) is -1.79. The molecular formula is C32H60O4. The Balaban J connectivity index is 3.42. The van der Waals surface area contributed by atoms with E-state index < -0.39 is 11.9 Å². The van der Waals surface area contributed by atoms with Crippen LogP contribution in [-0.4, -0.2) is 23.7 Å². The van der Waals surface area contributed by atoms with Crippen molar-refractivity contribution in [2.24, 2.45) is 5.92 Å². The van der Waals surface area contributed by atoms with Crippen LogP contribution >= 0.6 is 0 Å². The summed E-state index contributed by atoms with van der Waals surface area (Å²) >= 11 is 0. The number of aliphatic carboxylic acids is 1. The van der Waals surface area contributed by atoms with Crippen LogP contribution in [0, 0.1) is 5.92 Å². The number of carboxylic acids is 1. The monoisotopic (exact) mass is 508 g/mol. The van der Waals surface area contributed by atoms with E-state index in [9.17, 15) is 9.59 Å². The molecule has 0 aromatic rings. The topological polar surface area (TPSA) is 63.6 Å². The summed E-state index contributed by atoms with van der Waals surface area (Å²) in [6, 6.07) is 0. The van der Waals surface area contributed by atoms with Gasteiger partial charge in [-0.2, -0.15) is 0 Å². The van der Waals surface area contributed by atoms with Gasteiger partial charge in [0.1, 0.15) is 0 Å². The molecule has 0 aromatic heterocycles. The number of carbonyl (C=O) groups excluding carboxylic acids is 1. The number of ether oxygens (including phenoxy) is 1. The van der Waals surface area contributed by atoms with Gasteiger partial charge >= 0.3 is 11.9 Å². The highest BCUT2D eigenvalue weighted by Gasteiger charge is 2.22. The molecule has 0 aliphatic carbocycles. The van der Waals surface area contributed by atoms with Crippen molar-refractivity contribution in [1.29, 1.82) is 0 Å². The van der Waals surface area contributed by atoms with Gasteiger partial charge in [0.05, 0.1) is 18.9 Å². The van der Waals surface area contributed by atoms with Gasteiger partial charge in [0.15, 0.2) is 0 Å². The fraction of sp³-hybridized carbons (Fsp3) is 0.875. The lowest BCUT2D eigenvalue weighted by molar-refractivity contribution is -0.153. The molecule has 0 amide bonds. The molecule has 0 radical (unpaired) electrons. The molecule has 0 spiro atoms. The standard InChI is InChI=1S/C32H60O4/c1-3-5-6-7-8-9-10-11-12-13-14-15-16-17-18-19-20-21-22-23-24-25-26-27-30(29-31(33)34)32(35)36-28-4-2/h22-23,30H,3-21,24-29H2,1-2H3,(H,33,34)/b23-22+. The average Bonchev–Trinajstić information content (AvgIpc) is 2.86. The molecule has 0 heterocycles. The van der Waals surface area contributed by atoms with Gasteiger partial charge in [-0.25, -0.2) is 0 Å². The van der Waals surface area contributed by atoms with Gasteiger partial charge < -0.3 is 9.84 Å². The maximum absolute atomic E-state index is 12.0. The van der Waals surface area contributed by atoms with Crippen molar-refractivity contribution in [1.82, 2.24) is 0 Å². The highest BCUT2D eigenvalue weighted by molar-refractivity contribution is 5.79. The second-order valence-electron chi connectivity index (χ2n) is 10.7. The molecule has 4 heteroatoms. The molecule has 4 nitrogen and oxygen atoms in total. The SMILES string of the molecule is CCCCCCCCCCCCCCCCCCC/C=C/CCCCC(CC(=O)O)C(=O)OCCC. The summed E-state index contributed by atoms with van der Waals surface area (Å²) in [5, 5.41) is 9.02. The van der Waals surface area contributed by atoms with Gasteiger partial charge in [0.2, 0.25) is 0 Å². The number of hydrogen-bond donors (Lipinski definition) is 1. The minimum Gasteiger partial charge on any atom is -0.481 e. The van der Waals surface area contributed by atoms with Crippen molar-refractivity contribution >= 4 is 11.9 Å². The van der Waals surface area contributed by atoms with E-state index in [0.29, 0.717) is 13.0 Å². The van der Waals surface area contributed by atoms with E-state index in [1.54, 1.807) is 0 Å². The van der Waals surface area contributed by atoms with E-state index >= 15 is 0 Å². The predicted molar refractivity (Wildman–Crippen MR) is 153 cm³/mol. The number of esters is 1. The summed E-state index contributed by atoms with van der Waals surface area (Å²) in [6.07, 6.45) is 33.7. The van der Waals surface area contributed by atoms with Crippen LogP contribution in [0.4, 0.5) is 0 Å². The molecule has 0 aliphatic rings. The Labute approximate surface area is 224 Å². The molecule has 36 heavy (non-hydrogen) atoms. The normalized spacial score (nSPS) is 12.3. The third-order valence-corrected chi connectivity index (χ3v) is 7.02. The van der Waals surface area contributed by atoms with E-state index in [0.717, 1.165) is 32.1 Å². The molecule has 0 fully saturated rings. The van der Waals surface area contributed by atoms with E-state index in [1.807, 2.05) is 6.92 Å². The predicted octanol–water partition coefficient (Wildman–Crippen LogP) is 10.2. The van der Waals surface area contributed by atoms with E-state index in [2.05, 4.69) is 19.1 Å². The fourth-order valence-corrected chi connectivity index (χ4v) is 4.71. The van der Waals surface area contributed by atoms with Gasteiger partial charge in [0.25, 0.3) is 0 Å². The smallest absolute Gasteiger partial charge is 0.309 e. The van der Waals surface area contributed by atoms with Crippen LogP contribution in [0.25, 0.3) is 0 Å². The molecule has 0 aliphatic heterocycles. The number of carboxylic acid groups (broad SMARTS) is 1. The first-order valence-electron chi connectivity index (χ1n) is 15.6. The van der Waals surface area contributed by atoms with Crippen molar-refractivity contribution in [3.8, 4) is 0 Å². The zero-order valence-corrected chi connectivity index (χ0v) is 24.1. The summed E-state index contributed by atoms with van der Waals surface area (Å²) in [4.78, 5) is 23.0. The van der Waals surface area contributed by atoms with Crippen LogP contribution in [0.15, 0.2) is 12.2 Å². The van der Waals surface area contributed by atoms with Gasteiger partial charge in [-0.1, -0.05) is 135 Å². The summed E-state index contributed by atoms with van der Waals surface area (Å²) < 4.78 is 5.14. The Morgan fingerprint density at radius 2 is 1.03 bits per heavy atom. The zero-order valence-electron chi connectivity index (χ0n) is 24.1. The van der Waals surface area contributed by atoms with Crippen molar-refractivity contribution in [3.63, 3.8) is 0 Å². The van der Waals surface area contributed by atoms with E-state index in [-0.39, 0.29) is 12.4 Å². The van der Waals surface area contributed by atoms with Crippen molar-refractivity contribution in [2.75, 3.05) is 6.61 Å². The summed E-state index contributed by atoms with van der Waals surface area (Å²) in [7, 11) is 0. The molecular weight excluding hydrogens is 448 g/mol. The van der Waals surface area contributed by atoms with Crippen LogP contribution in [0.3, 0.4) is 0 Å². The Morgan fingerprint density at radius 1 is 0.611 bits per heavy atom. The highest BCUT2D eigenvalue weighted by Crippen LogP contribution is 2.17. The average molecular weight is 509 g/mol. The summed E-state index contributed by atoms with van der Waals surface area (Å²) in [6.45, 7) is 4.59. The first kappa shape index (κ1) is 34.7. The third kappa shape index (κ3) is 25.8. The highest BCUT2D eigenvalue weighted by atomic mass is 16.5. The van der Waals surface area contributed by atoms with Gasteiger partial charge in [-0.15, -0.1) is 0 Å². The van der Waals surface area contributed by atoms with Crippen molar-refractivity contribution in [2.45, 2.75) is 168 Å². The second kappa shape index (κ2) is 28.3. The Hall–Kier alpha value is -1.32. The molecule has 0 bridgehead atoms. The fourth-order valence-electron chi connectivity index (χ4n) is 4.71. The molecule has 212 valence electrons. The van der Waals surface area contributed by atoms with Crippen LogP contribution in [-0.2, 0) is 14.3 Å². The third-order valence-electron chi connectivity index (χ3n) is 7.02. The quantitative estimate of drug-likeness (QED) is 0.0648. The van der Waals surface area contributed by atoms with Crippen LogP contribution in [0.1, 0.15) is 168 Å². The van der Waals surface area contributed by atoms with Gasteiger partial charge in [-0.05, 0) is 38.5 Å². The van der Waals surface area contributed by atoms with Gasteiger partial charge in [-0.3, -0.25) is 9.59 Å². The second-order valence-corrected chi connectivity index (χ2v) is 10.7. The molecule has 0 saturated heterocycles. The number of hydrogen-bond acceptors (Lipinski definition) is 3.